The molecule has 0 amide bonds. The average molecular weight is 327 g/mol. The van der Waals surface area contributed by atoms with Crippen LogP contribution in [0.25, 0.3) is 11.5 Å². The zero-order valence-corrected chi connectivity index (χ0v) is 14.1. The fourth-order valence-corrected chi connectivity index (χ4v) is 4.16. The summed E-state index contributed by atoms with van der Waals surface area (Å²) in [5.41, 5.74) is 2.22. The van der Waals surface area contributed by atoms with Crippen molar-refractivity contribution in [1.82, 2.24) is 24.6 Å². The van der Waals surface area contributed by atoms with Gasteiger partial charge in [0.1, 0.15) is 5.69 Å². The standard InChI is InChI=1S/C17H21N5S/c1-2-15(16-5-3-10-23-16)21-9-7-19-17(21)14-11-13-12-18-6-4-8-22(13)20-14/h3,5,7,9-11,15,18H,2,4,6,8,12H2,1H3. The number of imidazole rings is 1. The highest BCUT2D eigenvalue weighted by molar-refractivity contribution is 7.10. The maximum absolute atomic E-state index is 4.81. The van der Waals surface area contributed by atoms with E-state index in [1.54, 1.807) is 11.3 Å². The Morgan fingerprint density at radius 2 is 2.39 bits per heavy atom. The summed E-state index contributed by atoms with van der Waals surface area (Å²) in [6, 6.07) is 6.82. The summed E-state index contributed by atoms with van der Waals surface area (Å²) in [6.45, 7) is 5.14. The highest BCUT2D eigenvalue weighted by Gasteiger charge is 2.20. The molecule has 0 radical (unpaired) electrons. The van der Waals surface area contributed by atoms with Crippen LogP contribution in [-0.2, 0) is 13.1 Å². The van der Waals surface area contributed by atoms with E-state index in [2.05, 4.69) is 56.2 Å². The summed E-state index contributed by atoms with van der Waals surface area (Å²) in [7, 11) is 0. The first-order valence-electron chi connectivity index (χ1n) is 8.21. The maximum Gasteiger partial charge on any atom is 0.161 e. The summed E-state index contributed by atoms with van der Waals surface area (Å²) in [4.78, 5) is 5.97. The van der Waals surface area contributed by atoms with Crippen LogP contribution >= 0.6 is 11.3 Å². The molecule has 6 heteroatoms. The van der Waals surface area contributed by atoms with E-state index >= 15 is 0 Å². The van der Waals surface area contributed by atoms with E-state index in [-0.39, 0.29) is 0 Å². The normalized spacial score (nSPS) is 16.0. The van der Waals surface area contributed by atoms with Gasteiger partial charge in [0.2, 0.25) is 0 Å². The Labute approximate surface area is 140 Å². The van der Waals surface area contributed by atoms with Gasteiger partial charge in [-0.05, 0) is 36.9 Å². The molecule has 0 saturated carbocycles. The number of thiophene rings is 1. The molecule has 1 unspecified atom stereocenters. The van der Waals surface area contributed by atoms with E-state index in [9.17, 15) is 0 Å². The third-order valence-corrected chi connectivity index (χ3v) is 5.36. The Hall–Kier alpha value is -1.92. The second-order valence-electron chi connectivity index (χ2n) is 5.87. The van der Waals surface area contributed by atoms with E-state index in [1.165, 1.54) is 10.6 Å². The number of hydrogen-bond donors (Lipinski definition) is 1. The lowest BCUT2D eigenvalue weighted by Crippen LogP contribution is -2.12. The first-order valence-corrected chi connectivity index (χ1v) is 9.09. The van der Waals surface area contributed by atoms with Crippen molar-refractivity contribution in [3.8, 4) is 11.5 Å². The molecular formula is C17H21N5S. The second kappa shape index (κ2) is 6.29. The SMILES string of the molecule is CCC(c1cccs1)n1ccnc1-c1cc2n(n1)CCCNC2. The van der Waals surface area contributed by atoms with Crippen LogP contribution < -0.4 is 5.32 Å². The predicted molar refractivity (Wildman–Crippen MR) is 92.5 cm³/mol. The Balaban J connectivity index is 1.72. The monoisotopic (exact) mass is 327 g/mol. The Morgan fingerprint density at radius 3 is 3.22 bits per heavy atom. The third-order valence-electron chi connectivity index (χ3n) is 4.38. The van der Waals surface area contributed by atoms with Gasteiger partial charge in [-0.3, -0.25) is 4.68 Å². The van der Waals surface area contributed by atoms with E-state index in [0.29, 0.717) is 6.04 Å². The molecule has 0 aromatic carbocycles. The van der Waals surface area contributed by atoms with Gasteiger partial charge in [0.15, 0.2) is 5.82 Å². The largest absolute Gasteiger partial charge is 0.321 e. The van der Waals surface area contributed by atoms with Crippen molar-refractivity contribution in [3.63, 3.8) is 0 Å². The Bertz CT molecular complexity index is 747. The van der Waals surface area contributed by atoms with Crippen molar-refractivity contribution in [3.05, 3.63) is 46.5 Å². The van der Waals surface area contributed by atoms with E-state index in [1.807, 2.05) is 6.20 Å². The van der Waals surface area contributed by atoms with Crippen LogP contribution in [0.5, 0.6) is 0 Å². The molecule has 3 aromatic heterocycles. The summed E-state index contributed by atoms with van der Waals surface area (Å²) in [5.74, 6) is 0.964. The molecule has 0 aliphatic carbocycles. The van der Waals surface area contributed by atoms with Gasteiger partial charge < -0.3 is 9.88 Å². The molecule has 1 atom stereocenters. The molecule has 4 heterocycles. The number of nitrogens with zero attached hydrogens (tertiary/aromatic N) is 4. The van der Waals surface area contributed by atoms with Crippen molar-refractivity contribution in [2.45, 2.75) is 38.9 Å². The van der Waals surface area contributed by atoms with Crippen LogP contribution in [0, 0.1) is 0 Å². The molecule has 1 aliphatic heterocycles. The van der Waals surface area contributed by atoms with Crippen LogP contribution in [0.3, 0.4) is 0 Å². The van der Waals surface area contributed by atoms with Gasteiger partial charge >= 0.3 is 0 Å². The van der Waals surface area contributed by atoms with Crippen LogP contribution in [-0.4, -0.2) is 25.9 Å². The molecule has 3 aromatic rings. The summed E-state index contributed by atoms with van der Waals surface area (Å²) in [6.07, 6.45) is 6.12. The zero-order chi connectivity index (χ0) is 15.6. The lowest BCUT2D eigenvalue weighted by atomic mass is 10.2. The topological polar surface area (TPSA) is 47.7 Å². The third kappa shape index (κ3) is 2.72. The van der Waals surface area contributed by atoms with Gasteiger partial charge in [0.05, 0.1) is 11.7 Å². The van der Waals surface area contributed by atoms with Crippen molar-refractivity contribution in [2.75, 3.05) is 6.54 Å². The fourth-order valence-electron chi connectivity index (χ4n) is 3.25. The molecule has 23 heavy (non-hydrogen) atoms. The molecule has 120 valence electrons. The second-order valence-corrected chi connectivity index (χ2v) is 6.85. The van der Waals surface area contributed by atoms with Crippen molar-refractivity contribution in [1.29, 1.82) is 0 Å². The molecule has 5 nitrogen and oxygen atoms in total. The van der Waals surface area contributed by atoms with Gasteiger partial charge in [0.25, 0.3) is 0 Å². The van der Waals surface area contributed by atoms with Crippen LogP contribution in [0.1, 0.15) is 36.4 Å². The van der Waals surface area contributed by atoms with Gasteiger partial charge in [0, 0.05) is 30.4 Å². The molecule has 1 aliphatic rings. The van der Waals surface area contributed by atoms with Gasteiger partial charge in [-0.15, -0.1) is 11.3 Å². The minimum absolute atomic E-state index is 0.326. The molecular weight excluding hydrogens is 306 g/mol. The van der Waals surface area contributed by atoms with Gasteiger partial charge in [-0.1, -0.05) is 13.0 Å². The smallest absolute Gasteiger partial charge is 0.161 e. The zero-order valence-electron chi connectivity index (χ0n) is 13.3. The first kappa shape index (κ1) is 14.7. The highest BCUT2D eigenvalue weighted by Crippen LogP contribution is 2.30. The number of rotatable bonds is 4. The molecule has 0 bridgehead atoms. The van der Waals surface area contributed by atoms with Crippen molar-refractivity contribution < 1.29 is 0 Å². The average Bonchev–Trinajstić information content (AvgIpc) is 3.28. The maximum atomic E-state index is 4.81. The van der Waals surface area contributed by atoms with E-state index in [4.69, 9.17) is 5.10 Å². The number of aromatic nitrogens is 4. The fraction of sp³-hybridized carbons (Fsp3) is 0.412. The Morgan fingerprint density at radius 1 is 1.43 bits per heavy atom. The van der Waals surface area contributed by atoms with E-state index < -0.39 is 0 Å². The lowest BCUT2D eigenvalue weighted by Gasteiger charge is -2.17. The van der Waals surface area contributed by atoms with Gasteiger partial charge in [-0.2, -0.15) is 5.10 Å². The van der Waals surface area contributed by atoms with E-state index in [0.717, 1.165) is 44.0 Å². The van der Waals surface area contributed by atoms with Gasteiger partial charge in [-0.25, -0.2) is 4.98 Å². The Kier molecular flexibility index (Phi) is 4.01. The summed E-state index contributed by atoms with van der Waals surface area (Å²) < 4.78 is 4.39. The number of nitrogens with one attached hydrogen (secondary N) is 1. The van der Waals surface area contributed by atoms with Crippen LogP contribution in [0.15, 0.2) is 36.0 Å². The highest BCUT2D eigenvalue weighted by atomic mass is 32.1. The molecule has 0 fully saturated rings. The molecule has 1 N–H and O–H groups in total. The van der Waals surface area contributed by atoms with Crippen LogP contribution in [0.2, 0.25) is 0 Å². The summed E-state index contributed by atoms with van der Waals surface area (Å²) >= 11 is 1.80. The first-order chi connectivity index (χ1) is 11.4. The number of fused-ring (bicyclic) bond motifs is 1. The van der Waals surface area contributed by atoms with Crippen molar-refractivity contribution >= 4 is 11.3 Å². The lowest BCUT2D eigenvalue weighted by molar-refractivity contribution is 0.572. The number of hydrogen-bond acceptors (Lipinski definition) is 4. The molecule has 4 rings (SSSR count). The molecule has 0 saturated heterocycles. The van der Waals surface area contributed by atoms with Crippen LogP contribution in [0.4, 0.5) is 0 Å². The van der Waals surface area contributed by atoms with Crippen molar-refractivity contribution in [2.24, 2.45) is 0 Å². The quantitative estimate of drug-likeness (QED) is 0.800. The minimum atomic E-state index is 0.326. The minimum Gasteiger partial charge on any atom is -0.321 e. The predicted octanol–water partition coefficient (Wildman–Crippen LogP) is 3.30. The number of aryl methyl sites for hydroxylation is 1. The molecule has 0 spiro atoms. The summed E-state index contributed by atoms with van der Waals surface area (Å²) in [5, 5.41) is 10.4.